The van der Waals surface area contributed by atoms with E-state index in [-0.39, 0.29) is 12.4 Å². The summed E-state index contributed by atoms with van der Waals surface area (Å²) < 4.78 is 11.8. The molecule has 5 heteroatoms. The van der Waals surface area contributed by atoms with Gasteiger partial charge >= 0.3 is 8.56 Å². The fraction of sp³-hybridized carbons (Fsp3) is 1.00. The van der Waals surface area contributed by atoms with Gasteiger partial charge < -0.3 is 25.7 Å². The summed E-state index contributed by atoms with van der Waals surface area (Å²) in [6.45, 7) is 3.29. The van der Waals surface area contributed by atoms with Gasteiger partial charge in [-0.05, 0) is 19.0 Å². The van der Waals surface area contributed by atoms with Crippen LogP contribution in [-0.2, 0) is 8.85 Å². The highest BCUT2D eigenvalue weighted by atomic mass is 35.5. The lowest BCUT2D eigenvalue weighted by molar-refractivity contribution is -0.870. The molecule has 14 heavy (non-hydrogen) atoms. The molecule has 0 N–H and O–H groups in total. The zero-order chi connectivity index (χ0) is 10.5. The molecule has 0 aliphatic carbocycles. The van der Waals surface area contributed by atoms with Gasteiger partial charge in [-0.1, -0.05) is 0 Å². The molecule has 0 rings (SSSR count). The van der Waals surface area contributed by atoms with Crippen LogP contribution in [0.3, 0.4) is 0 Å². The zero-order valence-corrected chi connectivity index (χ0v) is 12.0. The molecule has 3 nitrogen and oxygen atoms in total. The second kappa shape index (κ2) is 6.79. The van der Waals surface area contributed by atoms with Crippen LogP contribution >= 0.6 is 0 Å². The minimum absolute atomic E-state index is 0. The van der Waals surface area contributed by atoms with Crippen LogP contribution in [0.5, 0.6) is 0 Å². The van der Waals surface area contributed by atoms with Crippen LogP contribution in [0.4, 0.5) is 0 Å². The Bertz CT molecular complexity index is 146. The molecule has 0 aliphatic heterocycles. The first-order chi connectivity index (χ1) is 5.83. The fourth-order valence-electron chi connectivity index (χ4n) is 1.16. The fourth-order valence-corrected chi connectivity index (χ4v) is 2.54. The highest BCUT2D eigenvalue weighted by Crippen LogP contribution is 2.14. The van der Waals surface area contributed by atoms with E-state index in [1.165, 1.54) is 13.0 Å². The van der Waals surface area contributed by atoms with Crippen molar-refractivity contribution in [1.82, 2.24) is 0 Å². The first kappa shape index (κ1) is 16.8. The summed E-state index contributed by atoms with van der Waals surface area (Å²) in [4.78, 5) is 0. The molecule has 0 heterocycles. The number of halogens is 1. The highest BCUT2D eigenvalue weighted by Gasteiger charge is 2.28. The molecule has 0 bridgehead atoms. The van der Waals surface area contributed by atoms with Gasteiger partial charge in [0.05, 0.1) is 27.7 Å². The Labute approximate surface area is 95.6 Å². The van der Waals surface area contributed by atoms with Crippen molar-refractivity contribution >= 4 is 8.56 Å². The van der Waals surface area contributed by atoms with Crippen molar-refractivity contribution in [2.45, 2.75) is 19.0 Å². The van der Waals surface area contributed by atoms with Crippen molar-refractivity contribution in [2.24, 2.45) is 0 Å². The Morgan fingerprint density at radius 3 is 1.79 bits per heavy atom. The minimum atomic E-state index is -1.81. The van der Waals surface area contributed by atoms with Gasteiger partial charge in [0, 0.05) is 14.2 Å². The van der Waals surface area contributed by atoms with Crippen LogP contribution in [0.25, 0.3) is 0 Å². The average Bonchev–Trinajstić information content (AvgIpc) is 2.02. The topological polar surface area (TPSA) is 18.5 Å². The first-order valence-corrected chi connectivity index (χ1v) is 7.26. The molecule has 0 radical (unpaired) electrons. The number of rotatable bonds is 6. The number of hydrogen-bond donors (Lipinski definition) is 0. The van der Waals surface area contributed by atoms with Crippen molar-refractivity contribution < 1.29 is 25.7 Å². The van der Waals surface area contributed by atoms with Crippen molar-refractivity contribution in [3.63, 3.8) is 0 Å². The lowest BCUT2D eigenvalue weighted by Gasteiger charge is -2.27. The molecule has 88 valence electrons. The molecule has 0 fully saturated rings. The zero-order valence-electron chi connectivity index (χ0n) is 10.3. The molecule has 0 saturated carbocycles. The number of hydrogen-bond acceptors (Lipinski definition) is 2. The molecule has 0 aliphatic rings. The normalized spacial score (nSPS) is 12.4. The van der Waals surface area contributed by atoms with Crippen molar-refractivity contribution in [3.8, 4) is 0 Å². The van der Waals surface area contributed by atoms with E-state index in [4.69, 9.17) is 8.85 Å². The van der Waals surface area contributed by atoms with Crippen LogP contribution in [-0.4, -0.2) is 55.0 Å². The van der Waals surface area contributed by atoms with E-state index in [0.717, 1.165) is 10.5 Å². The van der Waals surface area contributed by atoms with E-state index >= 15 is 0 Å². The van der Waals surface area contributed by atoms with Crippen molar-refractivity contribution in [2.75, 3.05) is 41.9 Å². The molecular formula is C9H24ClNO2Si. The maximum absolute atomic E-state index is 5.41. The maximum atomic E-state index is 5.41. The van der Waals surface area contributed by atoms with E-state index < -0.39 is 8.56 Å². The lowest BCUT2D eigenvalue weighted by Crippen LogP contribution is -3.00. The SMILES string of the molecule is CO[Si](C)(CCC[N+](C)(C)C)OC.[Cl-]. The Morgan fingerprint density at radius 2 is 1.50 bits per heavy atom. The van der Waals surface area contributed by atoms with E-state index in [1.54, 1.807) is 14.2 Å². The predicted octanol–water partition coefficient (Wildman–Crippen LogP) is -1.55. The second-order valence-electron chi connectivity index (χ2n) is 4.66. The van der Waals surface area contributed by atoms with E-state index in [9.17, 15) is 0 Å². The van der Waals surface area contributed by atoms with E-state index in [1.807, 2.05) is 0 Å². The molecule has 0 saturated heterocycles. The lowest BCUT2D eigenvalue weighted by atomic mass is 10.4. The molecule has 0 aromatic rings. The number of quaternary nitrogens is 1. The Morgan fingerprint density at radius 1 is 1.07 bits per heavy atom. The quantitative estimate of drug-likeness (QED) is 0.414. The smallest absolute Gasteiger partial charge is 0.334 e. The van der Waals surface area contributed by atoms with Gasteiger partial charge in [-0.25, -0.2) is 0 Å². The van der Waals surface area contributed by atoms with Gasteiger partial charge in [0.15, 0.2) is 0 Å². The summed E-state index contributed by atoms with van der Waals surface area (Å²) in [7, 11) is 8.32. The Kier molecular flexibility index (Phi) is 8.16. The van der Waals surface area contributed by atoms with Gasteiger partial charge in [-0.3, -0.25) is 0 Å². The third-order valence-corrected chi connectivity index (χ3v) is 5.31. The first-order valence-electron chi connectivity index (χ1n) is 4.74. The van der Waals surface area contributed by atoms with Gasteiger partial charge in [-0.15, -0.1) is 0 Å². The van der Waals surface area contributed by atoms with Crippen LogP contribution in [0.1, 0.15) is 6.42 Å². The van der Waals surface area contributed by atoms with Crippen LogP contribution in [0, 0.1) is 0 Å². The largest absolute Gasteiger partial charge is 1.00 e. The van der Waals surface area contributed by atoms with Crippen molar-refractivity contribution in [3.05, 3.63) is 0 Å². The van der Waals surface area contributed by atoms with Crippen LogP contribution in [0.15, 0.2) is 0 Å². The summed E-state index contributed by atoms with van der Waals surface area (Å²) in [5, 5.41) is 0. The monoisotopic (exact) mass is 241 g/mol. The second-order valence-corrected chi connectivity index (χ2v) is 8.24. The molecular weight excluding hydrogens is 218 g/mol. The van der Waals surface area contributed by atoms with Gasteiger partial charge in [0.1, 0.15) is 0 Å². The van der Waals surface area contributed by atoms with Gasteiger partial charge in [0.25, 0.3) is 0 Å². The van der Waals surface area contributed by atoms with Gasteiger partial charge in [-0.2, -0.15) is 0 Å². The minimum Gasteiger partial charge on any atom is -1.00 e. The Balaban J connectivity index is 0. The molecule has 0 aromatic carbocycles. The summed E-state index contributed by atoms with van der Waals surface area (Å²) in [5.74, 6) is 0. The summed E-state index contributed by atoms with van der Waals surface area (Å²) in [5.41, 5.74) is 0. The maximum Gasteiger partial charge on any atom is 0.334 e. The predicted molar refractivity (Wildman–Crippen MR) is 58.0 cm³/mol. The molecule has 0 aromatic heterocycles. The average molecular weight is 242 g/mol. The standard InChI is InChI=1S/C9H24NO2Si.ClH/c1-10(2,3)8-7-9-13(6,11-4)12-5;/h7-9H2,1-6H3;1H/q+1;/p-1. The van der Waals surface area contributed by atoms with Crippen LogP contribution in [0.2, 0.25) is 12.6 Å². The third-order valence-electron chi connectivity index (χ3n) is 2.32. The van der Waals surface area contributed by atoms with E-state index in [0.29, 0.717) is 0 Å². The highest BCUT2D eigenvalue weighted by molar-refractivity contribution is 6.65. The molecule has 0 atom stereocenters. The molecule has 0 spiro atoms. The molecule has 0 unspecified atom stereocenters. The van der Waals surface area contributed by atoms with Crippen molar-refractivity contribution in [1.29, 1.82) is 0 Å². The van der Waals surface area contributed by atoms with Gasteiger partial charge in [0.2, 0.25) is 0 Å². The summed E-state index contributed by atoms with van der Waals surface area (Å²) in [6.07, 6.45) is 1.17. The third kappa shape index (κ3) is 7.76. The summed E-state index contributed by atoms with van der Waals surface area (Å²) in [6, 6.07) is 1.08. The summed E-state index contributed by atoms with van der Waals surface area (Å²) >= 11 is 0. The number of nitrogens with zero attached hydrogens (tertiary/aromatic N) is 1. The Hall–Kier alpha value is 0.387. The molecule has 0 amide bonds. The van der Waals surface area contributed by atoms with Crippen LogP contribution < -0.4 is 12.4 Å². The van der Waals surface area contributed by atoms with E-state index in [2.05, 4.69) is 27.7 Å².